The molecule has 1 N–H and O–H groups in total. The van der Waals surface area contributed by atoms with Gasteiger partial charge in [-0.05, 0) is 36.4 Å². The summed E-state index contributed by atoms with van der Waals surface area (Å²) < 4.78 is 27.3. The summed E-state index contributed by atoms with van der Waals surface area (Å²) in [6.45, 7) is 1.58. The molecule has 1 aromatic carbocycles. The van der Waals surface area contributed by atoms with Crippen molar-refractivity contribution in [3.63, 3.8) is 0 Å². The van der Waals surface area contributed by atoms with E-state index in [9.17, 15) is 13.7 Å². The third-order valence-electron chi connectivity index (χ3n) is 4.79. The van der Waals surface area contributed by atoms with Crippen LogP contribution in [0.15, 0.2) is 65.8 Å². The molecule has 152 valence electrons. The van der Waals surface area contributed by atoms with Crippen LogP contribution in [0.3, 0.4) is 0 Å². The lowest BCUT2D eigenvalue weighted by molar-refractivity contribution is 0.383. The molecule has 1 fully saturated rings. The van der Waals surface area contributed by atoms with Crippen LogP contribution in [-0.4, -0.2) is 54.1 Å². The number of hydrogen-bond donors (Lipinski definition) is 1. The zero-order valence-electron chi connectivity index (χ0n) is 16.0. The number of rotatable bonds is 5. The summed E-state index contributed by atoms with van der Waals surface area (Å²) in [5.74, 6) is 1.30. The van der Waals surface area contributed by atoms with Gasteiger partial charge in [-0.3, -0.25) is 4.98 Å². The van der Waals surface area contributed by atoms with Crippen LogP contribution in [0.5, 0.6) is 0 Å². The topological polar surface area (TPSA) is 115 Å². The fourth-order valence-electron chi connectivity index (χ4n) is 3.22. The second-order valence-electron chi connectivity index (χ2n) is 6.64. The molecular weight excluding hydrogens is 402 g/mol. The second-order valence-corrected chi connectivity index (χ2v) is 8.54. The summed E-state index contributed by atoms with van der Waals surface area (Å²) >= 11 is 0. The number of hydrogen-bond acceptors (Lipinski definition) is 8. The first-order chi connectivity index (χ1) is 14.6. The summed E-state index contributed by atoms with van der Waals surface area (Å²) in [6, 6.07) is 15.6. The molecule has 10 heteroatoms. The first-order valence-corrected chi connectivity index (χ1v) is 10.8. The minimum Gasteiger partial charge on any atom is -0.352 e. The van der Waals surface area contributed by atoms with Gasteiger partial charge < -0.3 is 10.2 Å². The maximum Gasteiger partial charge on any atom is 0.244 e. The molecular formula is C20H19N7O2S. The fraction of sp³-hybridized carbons (Fsp3) is 0.200. The van der Waals surface area contributed by atoms with E-state index in [-0.39, 0.29) is 10.5 Å². The van der Waals surface area contributed by atoms with E-state index in [1.165, 1.54) is 16.4 Å². The Kier molecular flexibility index (Phi) is 5.56. The summed E-state index contributed by atoms with van der Waals surface area (Å²) in [5, 5.41) is 20.8. The highest BCUT2D eigenvalue weighted by atomic mass is 32.2. The molecule has 2 aromatic heterocycles. The Morgan fingerprint density at radius 3 is 2.33 bits per heavy atom. The van der Waals surface area contributed by atoms with Crippen LogP contribution in [0.1, 0.15) is 5.56 Å². The predicted octanol–water partition coefficient (Wildman–Crippen LogP) is 2.00. The standard InChI is InChI=1S/C20H19N7O2S/c21-15-16-3-1-2-4-18(16)30(28,29)27-13-11-26(12-14-27)20-6-5-19(24-25-20)23-17-7-9-22-10-8-17/h1-10H,11-14H2,(H,22,23,24). The van der Waals surface area contributed by atoms with Gasteiger partial charge in [-0.15, -0.1) is 10.2 Å². The van der Waals surface area contributed by atoms with Gasteiger partial charge in [0.15, 0.2) is 11.6 Å². The second kappa shape index (κ2) is 8.44. The largest absolute Gasteiger partial charge is 0.352 e. The van der Waals surface area contributed by atoms with E-state index in [2.05, 4.69) is 20.5 Å². The van der Waals surface area contributed by atoms with Gasteiger partial charge in [0.05, 0.1) is 10.5 Å². The lowest BCUT2D eigenvalue weighted by Crippen LogP contribution is -2.49. The van der Waals surface area contributed by atoms with Gasteiger partial charge in [-0.1, -0.05) is 12.1 Å². The van der Waals surface area contributed by atoms with Crippen LogP contribution >= 0.6 is 0 Å². The Hall–Kier alpha value is -3.55. The summed E-state index contributed by atoms with van der Waals surface area (Å²) in [7, 11) is -3.72. The summed E-state index contributed by atoms with van der Waals surface area (Å²) in [5.41, 5.74) is 1.02. The number of nitriles is 1. The first kappa shape index (κ1) is 19.8. The predicted molar refractivity (Wildman–Crippen MR) is 112 cm³/mol. The third-order valence-corrected chi connectivity index (χ3v) is 6.75. The Labute approximate surface area is 174 Å². The van der Waals surface area contributed by atoms with E-state index < -0.39 is 10.0 Å². The molecule has 1 aliphatic heterocycles. The third kappa shape index (κ3) is 4.07. The summed E-state index contributed by atoms with van der Waals surface area (Å²) in [6.07, 6.45) is 3.37. The van der Waals surface area contributed by atoms with Crippen LogP contribution in [0.25, 0.3) is 0 Å². The van der Waals surface area contributed by atoms with Crippen molar-refractivity contribution in [1.29, 1.82) is 5.26 Å². The molecule has 0 spiro atoms. The van der Waals surface area contributed by atoms with Gasteiger partial charge in [-0.25, -0.2) is 8.42 Å². The Balaban J connectivity index is 1.41. The number of piperazine rings is 1. The Morgan fingerprint density at radius 2 is 1.67 bits per heavy atom. The molecule has 4 rings (SSSR count). The van der Waals surface area contributed by atoms with Crippen molar-refractivity contribution >= 4 is 27.3 Å². The molecule has 0 amide bonds. The molecule has 0 saturated carbocycles. The smallest absolute Gasteiger partial charge is 0.244 e. The maximum absolute atomic E-state index is 12.9. The van der Waals surface area contributed by atoms with Gasteiger partial charge in [0.1, 0.15) is 6.07 Å². The highest BCUT2D eigenvalue weighted by molar-refractivity contribution is 7.89. The van der Waals surface area contributed by atoms with Crippen molar-refractivity contribution in [2.24, 2.45) is 0 Å². The van der Waals surface area contributed by atoms with Crippen LogP contribution in [0, 0.1) is 11.3 Å². The van der Waals surface area contributed by atoms with Crippen molar-refractivity contribution in [1.82, 2.24) is 19.5 Å². The van der Waals surface area contributed by atoms with Crippen molar-refractivity contribution in [3.8, 4) is 6.07 Å². The Bertz CT molecular complexity index is 1150. The quantitative estimate of drug-likeness (QED) is 0.665. The van der Waals surface area contributed by atoms with Crippen LogP contribution in [0.4, 0.5) is 17.3 Å². The molecule has 0 bridgehead atoms. The van der Waals surface area contributed by atoms with Gasteiger partial charge in [0, 0.05) is 44.3 Å². The molecule has 0 atom stereocenters. The van der Waals surface area contributed by atoms with E-state index in [0.717, 1.165) is 5.69 Å². The zero-order valence-corrected chi connectivity index (χ0v) is 16.8. The highest BCUT2D eigenvalue weighted by Crippen LogP contribution is 2.23. The molecule has 3 heterocycles. The van der Waals surface area contributed by atoms with E-state index in [1.54, 1.807) is 24.5 Å². The number of benzene rings is 1. The van der Waals surface area contributed by atoms with E-state index >= 15 is 0 Å². The molecule has 9 nitrogen and oxygen atoms in total. The first-order valence-electron chi connectivity index (χ1n) is 9.33. The average molecular weight is 421 g/mol. The lowest BCUT2D eigenvalue weighted by Gasteiger charge is -2.34. The van der Waals surface area contributed by atoms with Crippen molar-refractivity contribution in [2.75, 3.05) is 36.4 Å². The van der Waals surface area contributed by atoms with Gasteiger partial charge in [0.25, 0.3) is 0 Å². The number of sulfonamides is 1. The van der Waals surface area contributed by atoms with Crippen LogP contribution < -0.4 is 10.2 Å². The van der Waals surface area contributed by atoms with Gasteiger partial charge in [-0.2, -0.15) is 9.57 Å². The van der Waals surface area contributed by atoms with Crippen LogP contribution in [-0.2, 0) is 10.0 Å². The average Bonchev–Trinajstić information content (AvgIpc) is 2.80. The Morgan fingerprint density at radius 1 is 0.933 bits per heavy atom. The number of anilines is 3. The molecule has 1 aliphatic rings. The normalized spacial score (nSPS) is 14.8. The SMILES string of the molecule is N#Cc1ccccc1S(=O)(=O)N1CCN(c2ccc(Nc3ccncc3)nn2)CC1. The van der Waals surface area contributed by atoms with Crippen LogP contribution in [0.2, 0.25) is 0 Å². The summed E-state index contributed by atoms with van der Waals surface area (Å²) in [4.78, 5) is 6.01. The van der Waals surface area contributed by atoms with Crippen molar-refractivity contribution in [3.05, 3.63) is 66.5 Å². The van der Waals surface area contributed by atoms with E-state index in [0.29, 0.717) is 37.8 Å². The minimum atomic E-state index is -3.72. The number of aromatic nitrogens is 3. The molecule has 3 aromatic rings. The molecule has 0 unspecified atom stereocenters. The number of nitrogens with zero attached hydrogens (tertiary/aromatic N) is 6. The van der Waals surface area contributed by atoms with E-state index in [1.807, 2.05) is 35.2 Å². The molecule has 0 aliphatic carbocycles. The lowest BCUT2D eigenvalue weighted by atomic mass is 10.2. The maximum atomic E-state index is 12.9. The van der Waals surface area contributed by atoms with Crippen molar-refractivity contribution < 1.29 is 8.42 Å². The van der Waals surface area contributed by atoms with Gasteiger partial charge in [0.2, 0.25) is 10.0 Å². The fourth-order valence-corrected chi connectivity index (χ4v) is 4.79. The zero-order chi connectivity index (χ0) is 21.0. The van der Waals surface area contributed by atoms with E-state index in [4.69, 9.17) is 0 Å². The number of pyridine rings is 1. The number of nitrogens with one attached hydrogen (secondary N) is 1. The highest BCUT2D eigenvalue weighted by Gasteiger charge is 2.30. The van der Waals surface area contributed by atoms with Crippen molar-refractivity contribution in [2.45, 2.75) is 4.90 Å². The molecule has 1 saturated heterocycles. The molecule has 0 radical (unpaired) electrons. The minimum absolute atomic E-state index is 0.0484. The molecule has 30 heavy (non-hydrogen) atoms. The monoisotopic (exact) mass is 421 g/mol. The van der Waals surface area contributed by atoms with Gasteiger partial charge >= 0.3 is 0 Å².